The molecule has 0 saturated heterocycles. The van der Waals surface area contributed by atoms with Crippen molar-refractivity contribution in [3.05, 3.63) is 58.4 Å². The molecule has 146 valence electrons. The molecule has 2 rings (SSSR count). The Bertz CT molecular complexity index is 780. The number of amides is 2. The molecule has 1 aliphatic rings. The highest BCUT2D eigenvalue weighted by molar-refractivity contribution is 5.96. The average Bonchev–Trinajstić information content (AvgIpc) is 2.57. The predicted molar refractivity (Wildman–Crippen MR) is 107 cm³/mol. The lowest BCUT2D eigenvalue weighted by Crippen LogP contribution is -2.57. The van der Waals surface area contributed by atoms with Crippen molar-refractivity contribution in [2.45, 2.75) is 53.5 Å². The van der Waals surface area contributed by atoms with Crippen LogP contribution in [0.2, 0.25) is 0 Å². The third-order valence-electron chi connectivity index (χ3n) is 4.65. The van der Waals surface area contributed by atoms with Gasteiger partial charge in [-0.3, -0.25) is 15.0 Å². The summed E-state index contributed by atoms with van der Waals surface area (Å²) in [6, 6.07) is 5.71. The first-order valence-electron chi connectivity index (χ1n) is 9.19. The van der Waals surface area contributed by atoms with E-state index in [1.54, 1.807) is 7.11 Å². The van der Waals surface area contributed by atoms with E-state index in [0.717, 1.165) is 16.7 Å². The summed E-state index contributed by atoms with van der Waals surface area (Å²) < 4.78 is 5.33. The fourth-order valence-corrected chi connectivity index (χ4v) is 3.26. The minimum atomic E-state index is -0.573. The number of hydrogen-bond donors (Lipinski definition) is 1. The molecule has 27 heavy (non-hydrogen) atoms. The molecule has 0 radical (unpaired) electrons. The van der Waals surface area contributed by atoms with Crippen LogP contribution >= 0.6 is 0 Å². The van der Waals surface area contributed by atoms with Crippen molar-refractivity contribution in [3.63, 3.8) is 0 Å². The van der Waals surface area contributed by atoms with Crippen molar-refractivity contribution in [3.8, 4) is 0 Å². The number of ether oxygens (including phenoxy) is 1. The SMILES string of the molecule is COC1=C(C)C(C(=O)NN(C(=O)c2cc(C)cc(C)c2)C(C)(C)C)CC=C1. The van der Waals surface area contributed by atoms with Crippen molar-refractivity contribution in [1.29, 1.82) is 0 Å². The lowest BCUT2D eigenvalue weighted by Gasteiger charge is -2.37. The highest BCUT2D eigenvalue weighted by atomic mass is 16.5. The van der Waals surface area contributed by atoms with Crippen LogP contribution < -0.4 is 5.43 Å². The van der Waals surface area contributed by atoms with Crippen LogP contribution in [0, 0.1) is 19.8 Å². The lowest BCUT2D eigenvalue weighted by atomic mass is 9.91. The number of aryl methyl sites for hydroxylation is 2. The molecule has 0 heterocycles. The molecular formula is C22H30N2O3. The van der Waals surface area contributed by atoms with Gasteiger partial charge in [0.15, 0.2) is 0 Å². The molecule has 1 unspecified atom stereocenters. The van der Waals surface area contributed by atoms with Crippen molar-refractivity contribution < 1.29 is 14.3 Å². The van der Waals surface area contributed by atoms with Crippen molar-refractivity contribution in [2.24, 2.45) is 5.92 Å². The van der Waals surface area contributed by atoms with Crippen LogP contribution in [0.5, 0.6) is 0 Å². The summed E-state index contributed by atoms with van der Waals surface area (Å²) >= 11 is 0. The Hall–Kier alpha value is -2.56. The second kappa shape index (κ2) is 7.99. The average molecular weight is 370 g/mol. The Balaban J connectivity index is 2.30. The maximum absolute atomic E-state index is 13.2. The number of carbonyl (C=O) groups is 2. The predicted octanol–water partition coefficient (Wildman–Crippen LogP) is 4.07. The summed E-state index contributed by atoms with van der Waals surface area (Å²) in [4.78, 5) is 26.1. The zero-order valence-corrected chi connectivity index (χ0v) is 17.3. The Kier molecular flexibility index (Phi) is 6.14. The zero-order chi connectivity index (χ0) is 20.4. The van der Waals surface area contributed by atoms with Crippen LogP contribution in [-0.4, -0.2) is 29.5 Å². The van der Waals surface area contributed by atoms with Gasteiger partial charge in [-0.15, -0.1) is 0 Å². The van der Waals surface area contributed by atoms with Crippen LogP contribution in [0.25, 0.3) is 0 Å². The minimum Gasteiger partial charge on any atom is -0.497 e. The molecule has 5 heteroatoms. The first kappa shape index (κ1) is 20.7. The Labute approximate surface area is 162 Å². The monoisotopic (exact) mass is 370 g/mol. The highest BCUT2D eigenvalue weighted by Crippen LogP contribution is 2.26. The van der Waals surface area contributed by atoms with E-state index in [2.05, 4.69) is 5.43 Å². The van der Waals surface area contributed by atoms with Crippen LogP contribution in [0.15, 0.2) is 41.7 Å². The van der Waals surface area contributed by atoms with Gasteiger partial charge in [-0.2, -0.15) is 0 Å². The molecule has 0 aliphatic heterocycles. The van der Waals surface area contributed by atoms with E-state index in [0.29, 0.717) is 17.7 Å². The van der Waals surface area contributed by atoms with Crippen molar-refractivity contribution in [2.75, 3.05) is 7.11 Å². The Morgan fingerprint density at radius 2 is 1.70 bits per heavy atom. The normalized spacial score (nSPS) is 16.9. The van der Waals surface area contributed by atoms with E-state index in [-0.39, 0.29) is 17.7 Å². The van der Waals surface area contributed by atoms with Gasteiger partial charge in [-0.25, -0.2) is 5.01 Å². The highest BCUT2D eigenvalue weighted by Gasteiger charge is 2.33. The lowest BCUT2D eigenvalue weighted by molar-refractivity contribution is -0.129. The van der Waals surface area contributed by atoms with E-state index >= 15 is 0 Å². The standard InChI is InChI=1S/C22H30N2O3/c1-14-11-15(2)13-17(12-14)21(26)24(22(4,5)6)23-20(25)18-9-8-10-19(27-7)16(18)3/h8,10-13,18H,9H2,1-7H3,(H,23,25). The number of hydrazine groups is 1. The fourth-order valence-electron chi connectivity index (χ4n) is 3.26. The summed E-state index contributed by atoms with van der Waals surface area (Å²) in [5, 5.41) is 1.43. The van der Waals surface area contributed by atoms with Crippen LogP contribution in [-0.2, 0) is 9.53 Å². The summed E-state index contributed by atoms with van der Waals surface area (Å²) in [5.74, 6) is -0.0900. The summed E-state index contributed by atoms with van der Waals surface area (Å²) in [7, 11) is 1.59. The van der Waals surface area contributed by atoms with E-state index in [9.17, 15) is 9.59 Å². The number of carbonyl (C=O) groups excluding carboxylic acids is 2. The third-order valence-corrected chi connectivity index (χ3v) is 4.65. The quantitative estimate of drug-likeness (QED) is 0.816. The first-order chi connectivity index (χ1) is 12.5. The maximum Gasteiger partial charge on any atom is 0.272 e. The molecule has 0 bridgehead atoms. The van der Waals surface area contributed by atoms with E-state index < -0.39 is 5.54 Å². The topological polar surface area (TPSA) is 58.6 Å². The third kappa shape index (κ3) is 4.79. The van der Waals surface area contributed by atoms with Crippen LogP contribution in [0.3, 0.4) is 0 Å². The maximum atomic E-state index is 13.2. The van der Waals surface area contributed by atoms with Gasteiger partial charge in [0.05, 0.1) is 18.6 Å². The molecule has 1 aliphatic carbocycles. The molecular weight excluding hydrogens is 340 g/mol. The van der Waals surface area contributed by atoms with E-state index in [4.69, 9.17) is 4.74 Å². The Morgan fingerprint density at radius 3 is 2.22 bits per heavy atom. The fraction of sp³-hybridized carbons (Fsp3) is 0.455. The molecule has 1 atom stereocenters. The number of allylic oxidation sites excluding steroid dienone is 2. The van der Waals surface area contributed by atoms with Crippen molar-refractivity contribution in [1.82, 2.24) is 10.4 Å². The summed E-state index contributed by atoms with van der Waals surface area (Å²) in [6.07, 6.45) is 4.38. The number of hydrogen-bond acceptors (Lipinski definition) is 3. The molecule has 0 saturated carbocycles. The number of benzene rings is 1. The van der Waals surface area contributed by atoms with Crippen LogP contribution in [0.4, 0.5) is 0 Å². The van der Waals surface area contributed by atoms with Gasteiger partial charge in [0.1, 0.15) is 5.76 Å². The Morgan fingerprint density at radius 1 is 1.11 bits per heavy atom. The largest absolute Gasteiger partial charge is 0.497 e. The number of rotatable bonds is 3. The second-order valence-electron chi connectivity index (χ2n) is 8.11. The molecule has 0 aromatic heterocycles. The van der Waals surface area contributed by atoms with Gasteiger partial charge in [0.25, 0.3) is 5.91 Å². The number of nitrogens with zero attached hydrogens (tertiary/aromatic N) is 1. The van der Waals surface area contributed by atoms with Crippen molar-refractivity contribution >= 4 is 11.8 Å². The number of nitrogens with one attached hydrogen (secondary N) is 1. The number of methoxy groups -OCH3 is 1. The van der Waals surface area contributed by atoms with Gasteiger partial charge in [-0.1, -0.05) is 23.3 Å². The molecule has 0 fully saturated rings. The minimum absolute atomic E-state index is 0.209. The summed E-state index contributed by atoms with van der Waals surface area (Å²) in [5.41, 5.74) is 5.75. The molecule has 2 amide bonds. The van der Waals surface area contributed by atoms with Gasteiger partial charge in [0.2, 0.25) is 5.91 Å². The molecule has 1 N–H and O–H groups in total. The van der Waals surface area contributed by atoms with Gasteiger partial charge >= 0.3 is 0 Å². The van der Waals surface area contributed by atoms with E-state index in [1.165, 1.54) is 5.01 Å². The second-order valence-corrected chi connectivity index (χ2v) is 8.11. The van der Waals surface area contributed by atoms with Crippen LogP contribution in [0.1, 0.15) is 55.6 Å². The molecule has 5 nitrogen and oxygen atoms in total. The first-order valence-corrected chi connectivity index (χ1v) is 9.19. The smallest absolute Gasteiger partial charge is 0.272 e. The molecule has 1 aromatic carbocycles. The zero-order valence-electron chi connectivity index (χ0n) is 17.3. The van der Waals surface area contributed by atoms with Gasteiger partial charge in [-0.05, 0) is 71.7 Å². The molecule has 0 spiro atoms. The summed E-state index contributed by atoms with van der Waals surface area (Å²) in [6.45, 7) is 11.5. The van der Waals surface area contributed by atoms with Gasteiger partial charge in [0, 0.05) is 5.56 Å². The van der Waals surface area contributed by atoms with E-state index in [1.807, 2.05) is 71.9 Å². The van der Waals surface area contributed by atoms with Gasteiger partial charge < -0.3 is 4.74 Å². The molecule has 1 aromatic rings.